The molecule has 2 heterocycles. The summed E-state index contributed by atoms with van der Waals surface area (Å²) in [5.41, 5.74) is 3.41. The van der Waals surface area contributed by atoms with Crippen LogP contribution in [-0.2, 0) is 4.79 Å². The van der Waals surface area contributed by atoms with Gasteiger partial charge >= 0.3 is 0 Å². The number of halogens is 2. The molecule has 0 spiro atoms. The van der Waals surface area contributed by atoms with Gasteiger partial charge in [-0.05, 0) is 44.0 Å². The Hall–Kier alpha value is -1.16. The quantitative estimate of drug-likeness (QED) is 0.332. The van der Waals surface area contributed by atoms with E-state index in [1.54, 1.807) is 17.4 Å². The van der Waals surface area contributed by atoms with Crippen LogP contribution < -0.4 is 5.43 Å². The molecule has 0 atom stereocenters. The van der Waals surface area contributed by atoms with Crippen LogP contribution in [-0.4, -0.2) is 22.9 Å². The molecule has 0 aliphatic heterocycles. The van der Waals surface area contributed by atoms with Crippen molar-refractivity contribution in [3.8, 4) is 0 Å². The van der Waals surface area contributed by atoms with Crippen LogP contribution in [0.15, 0.2) is 53.3 Å². The first kappa shape index (κ1) is 16.7. The van der Waals surface area contributed by atoms with E-state index in [0.29, 0.717) is 10.4 Å². The lowest BCUT2D eigenvalue weighted by Gasteiger charge is -1.96. The fourth-order valence-electron chi connectivity index (χ4n) is 1.67. The highest BCUT2D eigenvalue weighted by Gasteiger charge is 2.07. The molecule has 0 fully saturated rings. The van der Waals surface area contributed by atoms with Crippen LogP contribution in [0.2, 0.25) is 0 Å². The number of hydrogen-bond donors (Lipinski definition) is 1. The van der Waals surface area contributed by atoms with E-state index in [0.717, 1.165) is 19.0 Å². The highest BCUT2D eigenvalue weighted by atomic mass is 79.9. The summed E-state index contributed by atoms with van der Waals surface area (Å²) in [6.45, 7) is 0. The molecule has 0 saturated heterocycles. The lowest BCUT2D eigenvalue weighted by molar-refractivity contribution is -0.118. The Labute approximate surface area is 156 Å². The largest absolute Gasteiger partial charge is 0.447 e. The minimum absolute atomic E-state index is 0.199. The van der Waals surface area contributed by atoms with Crippen molar-refractivity contribution in [2.75, 3.05) is 5.75 Å². The van der Waals surface area contributed by atoms with Crippen LogP contribution in [0.25, 0.3) is 10.2 Å². The molecule has 0 bridgehead atoms. The van der Waals surface area contributed by atoms with Gasteiger partial charge in [-0.1, -0.05) is 23.9 Å². The Morgan fingerprint density at radius 1 is 1.43 bits per heavy atom. The number of para-hydroxylation sites is 1. The molecule has 1 aromatic carbocycles. The van der Waals surface area contributed by atoms with E-state index in [9.17, 15) is 4.79 Å². The topological polar surface area (TPSA) is 67.5 Å². The van der Waals surface area contributed by atoms with E-state index in [1.165, 1.54) is 18.0 Å². The Kier molecular flexibility index (Phi) is 5.52. The summed E-state index contributed by atoms with van der Waals surface area (Å²) in [5, 5.41) is 3.86. The first-order chi connectivity index (χ1) is 11.1. The highest BCUT2D eigenvalue weighted by Crippen LogP contribution is 2.29. The van der Waals surface area contributed by atoms with E-state index in [4.69, 9.17) is 4.42 Å². The van der Waals surface area contributed by atoms with Gasteiger partial charge in [0.1, 0.15) is 5.76 Å². The summed E-state index contributed by atoms with van der Waals surface area (Å²) in [5.74, 6) is 0.584. The van der Waals surface area contributed by atoms with Crippen molar-refractivity contribution in [3.63, 3.8) is 0 Å². The summed E-state index contributed by atoms with van der Waals surface area (Å²) in [7, 11) is 0. The third kappa shape index (κ3) is 4.43. The van der Waals surface area contributed by atoms with Crippen LogP contribution in [0.5, 0.6) is 0 Å². The minimum atomic E-state index is -0.199. The van der Waals surface area contributed by atoms with Crippen LogP contribution in [0.4, 0.5) is 0 Å². The van der Waals surface area contributed by atoms with Gasteiger partial charge in [-0.3, -0.25) is 4.79 Å². The number of furan rings is 1. The monoisotopic (exact) mass is 473 g/mol. The first-order valence-electron chi connectivity index (χ1n) is 6.37. The molecule has 5 nitrogen and oxygen atoms in total. The zero-order valence-corrected chi connectivity index (χ0v) is 16.3. The number of benzene rings is 1. The maximum atomic E-state index is 11.8. The molecule has 0 aliphatic rings. The number of fused-ring (bicyclic) bond motifs is 1. The van der Waals surface area contributed by atoms with Gasteiger partial charge < -0.3 is 4.42 Å². The normalized spacial score (nSPS) is 11.4. The maximum absolute atomic E-state index is 11.8. The second-order valence-corrected chi connectivity index (χ2v) is 8.13. The number of rotatable bonds is 5. The fourth-order valence-corrected chi connectivity index (χ4v) is 4.14. The highest BCUT2D eigenvalue weighted by molar-refractivity contribution is 9.13. The van der Waals surface area contributed by atoms with Crippen molar-refractivity contribution in [2.24, 2.45) is 5.10 Å². The van der Waals surface area contributed by atoms with Crippen molar-refractivity contribution < 1.29 is 9.21 Å². The maximum Gasteiger partial charge on any atom is 0.250 e. The van der Waals surface area contributed by atoms with Crippen LogP contribution in [0, 0.1) is 0 Å². The summed E-state index contributed by atoms with van der Waals surface area (Å²) < 4.78 is 8.66. The fraction of sp³-hybridized carbons (Fsp3) is 0.0714. The molecule has 3 aromatic rings. The van der Waals surface area contributed by atoms with Crippen molar-refractivity contribution in [1.82, 2.24) is 10.4 Å². The van der Waals surface area contributed by atoms with Gasteiger partial charge in [-0.2, -0.15) is 5.10 Å². The second kappa shape index (κ2) is 7.61. The van der Waals surface area contributed by atoms with Gasteiger partial charge in [-0.15, -0.1) is 11.3 Å². The molecule has 1 amide bonds. The molecule has 2 aromatic heterocycles. The Balaban J connectivity index is 1.51. The number of nitrogens with zero attached hydrogens (tertiary/aromatic N) is 2. The number of hydrogen-bond acceptors (Lipinski definition) is 6. The smallest absolute Gasteiger partial charge is 0.250 e. The number of aromatic nitrogens is 1. The predicted molar refractivity (Wildman–Crippen MR) is 100 cm³/mol. The summed E-state index contributed by atoms with van der Waals surface area (Å²) >= 11 is 9.50. The van der Waals surface area contributed by atoms with Gasteiger partial charge in [0, 0.05) is 6.07 Å². The third-order valence-corrected chi connectivity index (χ3v) is 6.54. The molecule has 9 heteroatoms. The molecule has 1 N–H and O–H groups in total. The number of amides is 1. The summed E-state index contributed by atoms with van der Waals surface area (Å²) in [4.78, 5) is 16.2. The molecule has 3 rings (SSSR count). The number of carbonyl (C=O) groups is 1. The SMILES string of the molecule is O=C(CSc1nc2ccccc2s1)N/N=C/c1cc(Br)c(Br)o1. The molecule has 23 heavy (non-hydrogen) atoms. The third-order valence-electron chi connectivity index (χ3n) is 2.65. The zero-order valence-electron chi connectivity index (χ0n) is 11.5. The van der Waals surface area contributed by atoms with Gasteiger partial charge in [0.25, 0.3) is 5.91 Å². The van der Waals surface area contributed by atoms with E-state index < -0.39 is 0 Å². The van der Waals surface area contributed by atoms with Gasteiger partial charge in [0.2, 0.25) is 0 Å². The predicted octanol–water partition coefficient (Wildman–Crippen LogP) is 4.66. The Morgan fingerprint density at radius 2 is 2.26 bits per heavy atom. The van der Waals surface area contributed by atoms with Crippen molar-refractivity contribution in [1.29, 1.82) is 0 Å². The van der Waals surface area contributed by atoms with Gasteiger partial charge in [0.05, 0.1) is 26.7 Å². The number of thiazole rings is 1. The number of nitrogens with one attached hydrogen (secondary N) is 1. The van der Waals surface area contributed by atoms with Crippen LogP contribution >= 0.6 is 55.0 Å². The molecule has 0 radical (unpaired) electrons. The van der Waals surface area contributed by atoms with Crippen molar-refractivity contribution >= 4 is 77.3 Å². The molecule has 118 valence electrons. The van der Waals surface area contributed by atoms with Gasteiger partial charge in [-0.25, -0.2) is 10.4 Å². The Bertz CT molecular complexity index is 823. The van der Waals surface area contributed by atoms with Gasteiger partial charge in [0.15, 0.2) is 9.01 Å². The second-order valence-electron chi connectivity index (χ2n) is 4.30. The average molecular weight is 475 g/mol. The number of carbonyl (C=O) groups excluding carboxylic acids is 1. The molecular weight excluding hydrogens is 466 g/mol. The lowest BCUT2D eigenvalue weighted by Crippen LogP contribution is -2.19. The standard InChI is InChI=1S/C14H9Br2N3O2S2/c15-9-5-8(21-13(9)16)6-17-19-12(20)7-22-14-18-10-3-1-2-4-11(10)23-14/h1-6H,7H2,(H,19,20)/b17-6+. The van der Waals surface area contributed by atoms with Crippen LogP contribution in [0.3, 0.4) is 0 Å². The van der Waals surface area contributed by atoms with Crippen molar-refractivity contribution in [2.45, 2.75) is 4.34 Å². The zero-order chi connectivity index (χ0) is 16.2. The average Bonchev–Trinajstić information content (AvgIpc) is 3.08. The van der Waals surface area contributed by atoms with Crippen molar-refractivity contribution in [3.05, 3.63) is 45.2 Å². The van der Waals surface area contributed by atoms with E-state index >= 15 is 0 Å². The first-order valence-corrected chi connectivity index (χ1v) is 9.76. The molecular formula is C14H9Br2N3O2S2. The molecule has 0 aliphatic carbocycles. The molecule has 0 saturated carbocycles. The van der Waals surface area contributed by atoms with Crippen LogP contribution in [0.1, 0.15) is 5.76 Å². The van der Waals surface area contributed by atoms with E-state index in [2.05, 4.69) is 47.4 Å². The lowest BCUT2D eigenvalue weighted by atomic mass is 10.3. The van der Waals surface area contributed by atoms with E-state index in [1.807, 2.05) is 24.3 Å². The number of thioether (sulfide) groups is 1. The number of hydrazone groups is 1. The molecule has 0 unspecified atom stereocenters. The summed E-state index contributed by atoms with van der Waals surface area (Å²) in [6.07, 6.45) is 1.44. The van der Waals surface area contributed by atoms with E-state index in [-0.39, 0.29) is 11.7 Å². The summed E-state index contributed by atoms with van der Waals surface area (Å²) in [6, 6.07) is 9.64. The Morgan fingerprint density at radius 3 is 3.00 bits per heavy atom. The minimum Gasteiger partial charge on any atom is -0.447 e.